The van der Waals surface area contributed by atoms with Crippen molar-refractivity contribution in [2.75, 3.05) is 13.1 Å². The van der Waals surface area contributed by atoms with Crippen LogP contribution in [-0.2, 0) is 0 Å². The number of hydrogen-bond acceptors (Lipinski definition) is 2. The molecule has 1 N–H and O–H groups in total. The highest BCUT2D eigenvalue weighted by Gasteiger charge is 2.41. The van der Waals surface area contributed by atoms with Gasteiger partial charge in [-0.25, -0.2) is 5.43 Å². The van der Waals surface area contributed by atoms with Crippen LogP contribution in [0.15, 0.2) is 0 Å². The Bertz CT molecular complexity index is 147. The van der Waals surface area contributed by atoms with Gasteiger partial charge >= 0.3 is 6.30 Å². The van der Waals surface area contributed by atoms with E-state index in [-0.39, 0.29) is 12.5 Å². The molecular weight excluding hydrogens is 193 g/mol. The predicted molar refractivity (Wildman–Crippen MR) is 50.5 cm³/mol. The summed E-state index contributed by atoms with van der Waals surface area (Å²) < 4.78 is 36.1. The van der Waals surface area contributed by atoms with Crippen LogP contribution in [0.2, 0.25) is 0 Å². The molecule has 1 saturated heterocycles. The Morgan fingerprint density at radius 3 is 2.29 bits per heavy atom. The number of nitrogens with one attached hydrogen (secondary N) is 1. The average molecular weight is 212 g/mol. The van der Waals surface area contributed by atoms with Crippen LogP contribution in [0.25, 0.3) is 0 Å². The highest BCUT2D eigenvalue weighted by molar-refractivity contribution is 4.73. The molecule has 5 heteroatoms. The van der Waals surface area contributed by atoms with E-state index in [0.29, 0.717) is 11.6 Å². The van der Waals surface area contributed by atoms with Gasteiger partial charge < -0.3 is 0 Å². The topological polar surface area (TPSA) is 15.3 Å². The van der Waals surface area contributed by atoms with Gasteiger partial charge in [0.15, 0.2) is 0 Å². The van der Waals surface area contributed by atoms with E-state index < -0.39 is 6.30 Å². The van der Waals surface area contributed by atoms with Crippen molar-refractivity contribution < 1.29 is 13.2 Å². The molecule has 0 spiro atoms. The Labute approximate surface area is 83.4 Å². The van der Waals surface area contributed by atoms with Crippen LogP contribution in [0.1, 0.15) is 33.6 Å². The van der Waals surface area contributed by atoms with Gasteiger partial charge in [0.05, 0.1) is 0 Å². The molecule has 0 amide bonds. The monoisotopic (exact) mass is 212 g/mol. The van der Waals surface area contributed by atoms with Gasteiger partial charge in [0, 0.05) is 13.1 Å². The zero-order valence-corrected chi connectivity index (χ0v) is 8.99. The second-order valence-corrected chi connectivity index (χ2v) is 3.10. The van der Waals surface area contributed by atoms with Crippen LogP contribution >= 0.6 is 0 Å². The summed E-state index contributed by atoms with van der Waals surface area (Å²) in [5.74, 6) is 0.150. The lowest BCUT2D eigenvalue weighted by molar-refractivity contribution is -0.255. The molecule has 1 aliphatic rings. The van der Waals surface area contributed by atoms with Crippen molar-refractivity contribution >= 4 is 0 Å². The SMILES string of the molecule is CC.CCCC1CNN(C(F)(F)F)C1. The molecule has 1 aliphatic heterocycles. The molecule has 0 aromatic heterocycles. The highest BCUT2D eigenvalue weighted by Crippen LogP contribution is 2.24. The smallest absolute Gasteiger partial charge is 0.248 e. The molecule has 1 atom stereocenters. The van der Waals surface area contributed by atoms with Gasteiger partial charge in [-0.15, -0.1) is 0 Å². The third-order valence-corrected chi connectivity index (χ3v) is 2.01. The fourth-order valence-corrected chi connectivity index (χ4v) is 1.42. The average Bonchev–Trinajstić information content (AvgIpc) is 2.56. The summed E-state index contributed by atoms with van der Waals surface area (Å²) in [6, 6.07) is 0. The van der Waals surface area contributed by atoms with Gasteiger partial charge in [0.2, 0.25) is 0 Å². The first kappa shape index (κ1) is 13.7. The minimum absolute atomic E-state index is 0.0946. The van der Waals surface area contributed by atoms with Crippen LogP contribution in [0.5, 0.6) is 0 Å². The highest BCUT2D eigenvalue weighted by atomic mass is 19.4. The predicted octanol–water partition coefficient (Wildman–Crippen LogP) is 2.77. The molecular formula is C9H19F3N2. The fraction of sp³-hybridized carbons (Fsp3) is 1.00. The van der Waals surface area contributed by atoms with Crippen molar-refractivity contribution in [2.24, 2.45) is 5.92 Å². The number of halogens is 3. The second-order valence-electron chi connectivity index (χ2n) is 3.10. The third-order valence-electron chi connectivity index (χ3n) is 2.01. The second kappa shape index (κ2) is 6.24. The molecule has 0 radical (unpaired) electrons. The molecule has 0 aromatic carbocycles. The lowest BCUT2D eigenvalue weighted by Gasteiger charge is -2.18. The van der Waals surface area contributed by atoms with Crippen LogP contribution in [0.3, 0.4) is 0 Å². The van der Waals surface area contributed by atoms with Crippen molar-refractivity contribution in [3.05, 3.63) is 0 Å². The Morgan fingerprint density at radius 1 is 1.36 bits per heavy atom. The molecule has 0 aliphatic carbocycles. The first-order valence-electron chi connectivity index (χ1n) is 5.12. The molecule has 1 heterocycles. The molecule has 1 fully saturated rings. The number of rotatable bonds is 2. The van der Waals surface area contributed by atoms with E-state index in [4.69, 9.17) is 0 Å². The number of hydrogen-bond donors (Lipinski definition) is 1. The Balaban J connectivity index is 0.000000791. The molecule has 1 unspecified atom stereocenters. The van der Waals surface area contributed by atoms with Gasteiger partial charge in [-0.3, -0.25) is 0 Å². The van der Waals surface area contributed by atoms with Crippen LogP contribution < -0.4 is 5.43 Å². The minimum Gasteiger partial charge on any atom is -0.248 e. The summed E-state index contributed by atoms with van der Waals surface area (Å²) in [6.07, 6.45) is -2.42. The van der Waals surface area contributed by atoms with Crippen molar-refractivity contribution in [1.82, 2.24) is 10.4 Å². The quantitative estimate of drug-likeness (QED) is 0.708. The zero-order valence-electron chi connectivity index (χ0n) is 8.99. The Kier molecular flexibility index (Phi) is 6.11. The van der Waals surface area contributed by atoms with Gasteiger partial charge in [-0.2, -0.15) is 18.2 Å². The summed E-state index contributed by atoms with van der Waals surface area (Å²) in [4.78, 5) is 0. The van der Waals surface area contributed by atoms with Crippen molar-refractivity contribution in [1.29, 1.82) is 0 Å². The van der Waals surface area contributed by atoms with Crippen LogP contribution in [0.4, 0.5) is 13.2 Å². The molecule has 14 heavy (non-hydrogen) atoms. The molecule has 0 bridgehead atoms. The van der Waals surface area contributed by atoms with E-state index >= 15 is 0 Å². The minimum atomic E-state index is -4.22. The van der Waals surface area contributed by atoms with E-state index in [0.717, 1.165) is 12.8 Å². The maximum atomic E-state index is 12.0. The van der Waals surface area contributed by atoms with Gasteiger partial charge in [-0.1, -0.05) is 27.2 Å². The summed E-state index contributed by atoms with van der Waals surface area (Å²) in [7, 11) is 0. The largest absolute Gasteiger partial charge is 0.473 e. The Morgan fingerprint density at radius 2 is 1.93 bits per heavy atom. The molecule has 1 rings (SSSR count). The summed E-state index contributed by atoms with van der Waals surface area (Å²) in [6.45, 7) is 6.53. The van der Waals surface area contributed by atoms with E-state index in [1.807, 2.05) is 20.8 Å². The number of nitrogens with zero attached hydrogens (tertiary/aromatic N) is 1. The van der Waals surface area contributed by atoms with E-state index in [2.05, 4.69) is 5.43 Å². The van der Waals surface area contributed by atoms with Gasteiger partial charge in [0.25, 0.3) is 0 Å². The first-order chi connectivity index (χ1) is 6.54. The zero-order chi connectivity index (χ0) is 11.2. The van der Waals surface area contributed by atoms with Gasteiger partial charge in [-0.05, 0) is 12.3 Å². The Hall–Kier alpha value is -0.290. The molecule has 0 aromatic rings. The lowest BCUT2D eigenvalue weighted by atomic mass is 10.1. The first-order valence-corrected chi connectivity index (χ1v) is 5.12. The van der Waals surface area contributed by atoms with Gasteiger partial charge in [0.1, 0.15) is 0 Å². The lowest BCUT2D eigenvalue weighted by Crippen LogP contribution is -2.42. The molecule has 2 nitrogen and oxygen atoms in total. The standard InChI is InChI=1S/C7H13F3N2.C2H6/c1-2-3-6-4-11-12(5-6)7(8,9)10;1-2/h6,11H,2-5H2,1H3;1-2H3. The van der Waals surface area contributed by atoms with E-state index in [9.17, 15) is 13.2 Å². The van der Waals surface area contributed by atoms with Crippen molar-refractivity contribution in [2.45, 2.75) is 39.9 Å². The molecule has 0 saturated carbocycles. The number of hydrazine groups is 1. The summed E-state index contributed by atoms with van der Waals surface area (Å²) in [5, 5.41) is 0.368. The normalized spacial score (nSPS) is 23.1. The summed E-state index contributed by atoms with van der Waals surface area (Å²) in [5.41, 5.74) is 2.34. The number of alkyl halides is 3. The molecule has 86 valence electrons. The van der Waals surface area contributed by atoms with Crippen molar-refractivity contribution in [3.63, 3.8) is 0 Å². The van der Waals surface area contributed by atoms with E-state index in [1.54, 1.807) is 0 Å². The maximum Gasteiger partial charge on any atom is 0.473 e. The summed E-state index contributed by atoms with van der Waals surface area (Å²) >= 11 is 0. The van der Waals surface area contributed by atoms with E-state index in [1.165, 1.54) is 0 Å². The maximum absolute atomic E-state index is 12.0. The van der Waals surface area contributed by atoms with Crippen LogP contribution in [0, 0.1) is 5.92 Å². The van der Waals surface area contributed by atoms with Crippen LogP contribution in [-0.4, -0.2) is 24.4 Å². The third kappa shape index (κ3) is 4.28. The van der Waals surface area contributed by atoms with Crippen molar-refractivity contribution in [3.8, 4) is 0 Å². The fourth-order valence-electron chi connectivity index (χ4n) is 1.42.